The third kappa shape index (κ3) is 3.23. The molecule has 1 aromatic carbocycles. The lowest BCUT2D eigenvalue weighted by molar-refractivity contribution is -0.141. The minimum Gasteiger partial charge on any atom is -0.508 e. The summed E-state index contributed by atoms with van der Waals surface area (Å²) in [4.78, 5) is 22.6. The number of carbonyl (C=O) groups is 2. The van der Waals surface area contributed by atoms with Gasteiger partial charge in [-0.05, 0) is 38.5 Å². The van der Waals surface area contributed by atoms with Crippen molar-refractivity contribution in [1.29, 1.82) is 0 Å². The molecular weight excluding hydrogens is 234 g/mol. The van der Waals surface area contributed by atoms with Gasteiger partial charge in [0.2, 0.25) is 0 Å². The Hall–Kier alpha value is -2.04. The first-order valence-electron chi connectivity index (χ1n) is 5.66. The average Bonchev–Trinajstić information content (AvgIpc) is 2.31. The second-order valence-corrected chi connectivity index (χ2v) is 4.39. The predicted octanol–water partition coefficient (Wildman–Crippen LogP) is 1.54. The van der Waals surface area contributed by atoms with Gasteiger partial charge in [-0.2, -0.15) is 0 Å². The third-order valence-electron chi connectivity index (χ3n) is 2.97. The Balaban J connectivity index is 2.76. The molecule has 1 rings (SSSR count). The fraction of sp³-hybridized carbons (Fsp3) is 0.385. The molecule has 0 aliphatic rings. The van der Waals surface area contributed by atoms with E-state index in [1.54, 1.807) is 26.0 Å². The maximum atomic E-state index is 11.8. The van der Waals surface area contributed by atoms with Crippen LogP contribution in [-0.2, 0) is 4.79 Å². The zero-order chi connectivity index (χ0) is 13.9. The Labute approximate surface area is 105 Å². The van der Waals surface area contributed by atoms with Crippen LogP contribution in [0.15, 0.2) is 18.2 Å². The van der Waals surface area contributed by atoms with Crippen LogP contribution in [0.1, 0.15) is 29.8 Å². The van der Waals surface area contributed by atoms with Crippen LogP contribution in [0.4, 0.5) is 0 Å². The van der Waals surface area contributed by atoms with E-state index in [9.17, 15) is 14.7 Å². The maximum Gasteiger partial charge on any atom is 0.308 e. The molecule has 0 fully saturated rings. The van der Waals surface area contributed by atoms with E-state index < -0.39 is 23.8 Å². The standard InChI is InChI=1S/C13H17NO4/c1-7-4-5-10(6-11(7)15)12(16)14-9(3)8(2)13(17)18/h4-6,8-9,15H,1-3H3,(H,14,16)(H,17,18). The number of nitrogens with one attached hydrogen (secondary N) is 1. The number of rotatable bonds is 4. The first kappa shape index (κ1) is 14.0. The molecule has 0 radical (unpaired) electrons. The number of hydrogen-bond donors (Lipinski definition) is 3. The summed E-state index contributed by atoms with van der Waals surface area (Å²) in [7, 11) is 0. The topological polar surface area (TPSA) is 86.6 Å². The first-order chi connectivity index (χ1) is 8.32. The highest BCUT2D eigenvalue weighted by Crippen LogP contribution is 2.17. The summed E-state index contributed by atoms with van der Waals surface area (Å²) < 4.78 is 0. The van der Waals surface area contributed by atoms with Gasteiger partial charge in [0.05, 0.1) is 5.92 Å². The molecule has 5 heteroatoms. The van der Waals surface area contributed by atoms with Crippen molar-refractivity contribution in [2.75, 3.05) is 0 Å². The highest BCUT2D eigenvalue weighted by atomic mass is 16.4. The van der Waals surface area contributed by atoms with Crippen molar-refractivity contribution < 1.29 is 19.8 Å². The molecule has 0 spiro atoms. The van der Waals surface area contributed by atoms with Crippen LogP contribution in [-0.4, -0.2) is 28.1 Å². The third-order valence-corrected chi connectivity index (χ3v) is 2.97. The van der Waals surface area contributed by atoms with Gasteiger partial charge in [-0.3, -0.25) is 9.59 Å². The van der Waals surface area contributed by atoms with Crippen molar-refractivity contribution in [2.45, 2.75) is 26.8 Å². The fourth-order valence-electron chi connectivity index (χ4n) is 1.38. The van der Waals surface area contributed by atoms with E-state index in [1.807, 2.05) is 0 Å². The van der Waals surface area contributed by atoms with Gasteiger partial charge in [0.1, 0.15) is 5.75 Å². The second-order valence-electron chi connectivity index (χ2n) is 4.39. The molecule has 0 heterocycles. The van der Waals surface area contributed by atoms with Crippen molar-refractivity contribution in [1.82, 2.24) is 5.32 Å². The van der Waals surface area contributed by atoms with Crippen molar-refractivity contribution in [3.63, 3.8) is 0 Å². The average molecular weight is 251 g/mol. The summed E-state index contributed by atoms with van der Waals surface area (Å²) in [5, 5.41) is 20.9. The molecule has 1 amide bonds. The summed E-state index contributed by atoms with van der Waals surface area (Å²) in [6, 6.07) is 4.10. The fourth-order valence-corrected chi connectivity index (χ4v) is 1.38. The van der Waals surface area contributed by atoms with E-state index in [0.29, 0.717) is 11.1 Å². The Bertz CT molecular complexity index is 470. The normalized spacial score (nSPS) is 13.7. The lowest BCUT2D eigenvalue weighted by Gasteiger charge is -2.17. The molecule has 5 nitrogen and oxygen atoms in total. The molecule has 0 aromatic heterocycles. The van der Waals surface area contributed by atoms with E-state index in [4.69, 9.17) is 5.11 Å². The molecule has 3 N–H and O–H groups in total. The number of carboxylic acid groups (broad SMARTS) is 1. The van der Waals surface area contributed by atoms with Gasteiger partial charge in [-0.1, -0.05) is 6.07 Å². The number of carbonyl (C=O) groups excluding carboxylic acids is 1. The second kappa shape index (κ2) is 5.53. The van der Waals surface area contributed by atoms with Crippen molar-refractivity contribution >= 4 is 11.9 Å². The van der Waals surface area contributed by atoms with Crippen LogP contribution in [0.25, 0.3) is 0 Å². The van der Waals surface area contributed by atoms with Gasteiger partial charge >= 0.3 is 5.97 Å². The molecule has 1 aromatic rings. The van der Waals surface area contributed by atoms with E-state index in [-0.39, 0.29) is 5.75 Å². The Kier molecular flexibility index (Phi) is 4.31. The van der Waals surface area contributed by atoms with E-state index >= 15 is 0 Å². The highest BCUT2D eigenvalue weighted by molar-refractivity contribution is 5.95. The zero-order valence-electron chi connectivity index (χ0n) is 10.6. The summed E-state index contributed by atoms with van der Waals surface area (Å²) in [6.45, 7) is 4.89. The summed E-state index contributed by atoms with van der Waals surface area (Å²) >= 11 is 0. The molecular formula is C13H17NO4. The number of phenolic OH excluding ortho intramolecular Hbond substituents is 1. The van der Waals surface area contributed by atoms with E-state index in [1.165, 1.54) is 13.0 Å². The number of aliphatic carboxylic acids is 1. The van der Waals surface area contributed by atoms with Gasteiger partial charge in [0.25, 0.3) is 5.91 Å². The van der Waals surface area contributed by atoms with Gasteiger partial charge in [0.15, 0.2) is 0 Å². The molecule has 0 saturated carbocycles. The molecule has 0 saturated heterocycles. The molecule has 2 unspecified atom stereocenters. The van der Waals surface area contributed by atoms with Gasteiger partial charge in [-0.15, -0.1) is 0 Å². The molecule has 18 heavy (non-hydrogen) atoms. The maximum absolute atomic E-state index is 11.8. The first-order valence-corrected chi connectivity index (χ1v) is 5.66. The van der Waals surface area contributed by atoms with Gasteiger partial charge in [0, 0.05) is 11.6 Å². The van der Waals surface area contributed by atoms with Gasteiger partial charge < -0.3 is 15.5 Å². The number of amides is 1. The molecule has 0 bridgehead atoms. The lowest BCUT2D eigenvalue weighted by atomic mass is 10.0. The van der Waals surface area contributed by atoms with Crippen molar-refractivity contribution in [2.24, 2.45) is 5.92 Å². The number of benzene rings is 1. The summed E-state index contributed by atoms with van der Waals surface area (Å²) in [6.07, 6.45) is 0. The van der Waals surface area contributed by atoms with Crippen molar-refractivity contribution in [3.8, 4) is 5.75 Å². The Morgan fingerprint density at radius 3 is 2.39 bits per heavy atom. The number of aromatic hydroxyl groups is 1. The van der Waals surface area contributed by atoms with Gasteiger partial charge in [-0.25, -0.2) is 0 Å². The minimum atomic E-state index is -0.963. The summed E-state index contributed by atoms with van der Waals surface area (Å²) in [5.74, 6) is -1.99. The van der Waals surface area contributed by atoms with Crippen LogP contribution >= 0.6 is 0 Å². The van der Waals surface area contributed by atoms with Crippen LogP contribution < -0.4 is 5.32 Å². The van der Waals surface area contributed by atoms with Crippen LogP contribution in [0.2, 0.25) is 0 Å². The van der Waals surface area contributed by atoms with Crippen molar-refractivity contribution in [3.05, 3.63) is 29.3 Å². The minimum absolute atomic E-state index is 0.0431. The predicted molar refractivity (Wildman–Crippen MR) is 66.6 cm³/mol. The largest absolute Gasteiger partial charge is 0.508 e. The quantitative estimate of drug-likeness (QED) is 0.757. The molecule has 2 atom stereocenters. The van der Waals surface area contributed by atoms with E-state index in [2.05, 4.69) is 5.32 Å². The van der Waals surface area contributed by atoms with Crippen LogP contribution in [0.3, 0.4) is 0 Å². The van der Waals surface area contributed by atoms with Crippen LogP contribution in [0.5, 0.6) is 5.75 Å². The monoisotopic (exact) mass is 251 g/mol. The molecule has 0 aliphatic carbocycles. The zero-order valence-corrected chi connectivity index (χ0v) is 10.6. The lowest BCUT2D eigenvalue weighted by Crippen LogP contribution is -2.40. The van der Waals surface area contributed by atoms with Crippen LogP contribution in [0, 0.1) is 12.8 Å². The number of hydrogen-bond acceptors (Lipinski definition) is 3. The number of aryl methyl sites for hydroxylation is 1. The SMILES string of the molecule is Cc1ccc(C(=O)NC(C)C(C)C(=O)O)cc1O. The number of phenols is 1. The Morgan fingerprint density at radius 1 is 1.28 bits per heavy atom. The molecule has 98 valence electrons. The highest BCUT2D eigenvalue weighted by Gasteiger charge is 2.21. The summed E-state index contributed by atoms with van der Waals surface area (Å²) in [5.41, 5.74) is 0.987. The van der Waals surface area contributed by atoms with E-state index in [0.717, 1.165) is 0 Å². The number of carboxylic acids is 1. The molecule has 0 aliphatic heterocycles. The Morgan fingerprint density at radius 2 is 1.89 bits per heavy atom. The smallest absolute Gasteiger partial charge is 0.308 e.